The summed E-state index contributed by atoms with van der Waals surface area (Å²) in [6.07, 6.45) is 9.35. The second-order valence-corrected chi connectivity index (χ2v) is 6.65. The average molecular weight is 327 g/mol. The molecule has 0 amide bonds. The van der Waals surface area contributed by atoms with Crippen LogP contribution in [0.5, 0.6) is 0 Å². The maximum atomic E-state index is 5.66. The fraction of sp³-hybridized carbons (Fsp3) is 0.556. The highest BCUT2D eigenvalue weighted by molar-refractivity contribution is 5.32. The lowest BCUT2D eigenvalue weighted by atomic mass is 9.94. The maximum absolute atomic E-state index is 5.66. The third-order valence-electron chi connectivity index (χ3n) is 5.18. The summed E-state index contributed by atoms with van der Waals surface area (Å²) in [6, 6.07) is 7.07. The zero-order valence-electron chi connectivity index (χ0n) is 13.9. The van der Waals surface area contributed by atoms with Gasteiger partial charge in [-0.15, -0.1) is 0 Å². The van der Waals surface area contributed by atoms with Gasteiger partial charge in [-0.1, -0.05) is 12.5 Å². The third-order valence-corrected chi connectivity index (χ3v) is 5.18. The minimum absolute atomic E-state index is 0.484. The Morgan fingerprint density at radius 1 is 1.29 bits per heavy atom. The van der Waals surface area contributed by atoms with Crippen LogP contribution in [0.15, 0.2) is 36.8 Å². The lowest BCUT2D eigenvalue weighted by Gasteiger charge is -2.33. The fourth-order valence-electron chi connectivity index (χ4n) is 3.99. The molecule has 0 spiro atoms. The van der Waals surface area contributed by atoms with Gasteiger partial charge in [-0.05, 0) is 30.9 Å². The number of hydrogen-bond acceptors (Lipinski definition) is 5. The highest BCUT2D eigenvalue weighted by atomic mass is 16.5. The van der Waals surface area contributed by atoms with E-state index < -0.39 is 0 Å². The second kappa shape index (κ2) is 7.42. The molecule has 1 saturated carbocycles. The van der Waals surface area contributed by atoms with Crippen LogP contribution in [0.4, 0.5) is 0 Å². The molecule has 1 aliphatic carbocycles. The Morgan fingerprint density at radius 2 is 2.29 bits per heavy atom. The van der Waals surface area contributed by atoms with Gasteiger partial charge in [0.25, 0.3) is 0 Å². The first kappa shape index (κ1) is 15.7. The summed E-state index contributed by atoms with van der Waals surface area (Å²) < 4.78 is 7.49. The number of morpholine rings is 1. The van der Waals surface area contributed by atoms with E-state index in [1.165, 1.54) is 24.8 Å². The summed E-state index contributed by atoms with van der Waals surface area (Å²) in [5.41, 5.74) is 1.18. The van der Waals surface area contributed by atoms with Crippen LogP contribution >= 0.6 is 0 Å². The maximum Gasteiger partial charge on any atom is 0.157 e. The molecule has 3 heterocycles. The van der Waals surface area contributed by atoms with E-state index in [1.807, 2.05) is 29.2 Å². The van der Waals surface area contributed by atoms with Crippen molar-refractivity contribution < 1.29 is 4.74 Å². The number of nitrogens with zero attached hydrogens (tertiary/aromatic N) is 3. The normalized spacial score (nSPS) is 27.4. The van der Waals surface area contributed by atoms with Crippen LogP contribution in [0.3, 0.4) is 0 Å². The third kappa shape index (κ3) is 3.36. The molecule has 24 heavy (non-hydrogen) atoms. The van der Waals surface area contributed by atoms with Crippen LogP contribution in [0, 0.1) is 5.92 Å². The number of ether oxygens (including phenoxy) is 1. The van der Waals surface area contributed by atoms with Crippen molar-refractivity contribution in [1.29, 1.82) is 0 Å². The van der Waals surface area contributed by atoms with Crippen LogP contribution in [-0.4, -0.2) is 46.6 Å². The Kier molecular flexibility index (Phi) is 4.87. The van der Waals surface area contributed by atoms with E-state index in [4.69, 9.17) is 4.74 Å². The van der Waals surface area contributed by atoms with Crippen LogP contribution in [0.1, 0.15) is 24.8 Å². The quantitative estimate of drug-likeness (QED) is 0.872. The molecule has 2 aliphatic rings. The lowest BCUT2D eigenvalue weighted by Crippen LogP contribution is -2.50. The van der Waals surface area contributed by atoms with Gasteiger partial charge in [-0.3, -0.25) is 0 Å². The molecule has 0 aromatic carbocycles. The van der Waals surface area contributed by atoms with Gasteiger partial charge in [0.05, 0.1) is 13.2 Å². The average Bonchev–Trinajstić information content (AvgIpc) is 3.33. The molecule has 128 valence electrons. The van der Waals surface area contributed by atoms with Crippen molar-refractivity contribution in [3.8, 4) is 5.82 Å². The van der Waals surface area contributed by atoms with E-state index in [0.717, 1.165) is 32.1 Å². The van der Waals surface area contributed by atoms with Crippen LogP contribution in [0.25, 0.3) is 5.82 Å². The molecule has 3 unspecified atom stereocenters. The zero-order chi connectivity index (χ0) is 16.2. The van der Waals surface area contributed by atoms with Crippen molar-refractivity contribution in [2.75, 3.05) is 19.8 Å². The van der Waals surface area contributed by atoms with Gasteiger partial charge in [-0.25, -0.2) is 9.67 Å². The molecular formula is C18H25N5O. The number of rotatable bonds is 5. The smallest absolute Gasteiger partial charge is 0.157 e. The van der Waals surface area contributed by atoms with Gasteiger partial charge in [0, 0.05) is 49.3 Å². The standard InChI is InChI=1S/C18H25N5O/c1-5-15(17-13-24-11-9-19-17)16(6-1)21-12-14-4-2-7-20-18(14)23-10-3-8-22-23/h2-4,7-8,10,15-17,19,21H,1,5-6,9,11-13H2. The molecule has 6 nitrogen and oxygen atoms in total. The van der Waals surface area contributed by atoms with Gasteiger partial charge in [0.2, 0.25) is 0 Å². The Morgan fingerprint density at radius 3 is 3.12 bits per heavy atom. The van der Waals surface area contributed by atoms with Crippen LogP contribution in [-0.2, 0) is 11.3 Å². The fourth-order valence-corrected chi connectivity index (χ4v) is 3.99. The summed E-state index contributed by atoms with van der Waals surface area (Å²) in [6.45, 7) is 3.47. The van der Waals surface area contributed by atoms with Crippen LogP contribution < -0.4 is 10.6 Å². The largest absolute Gasteiger partial charge is 0.379 e. The van der Waals surface area contributed by atoms with Gasteiger partial charge >= 0.3 is 0 Å². The van der Waals surface area contributed by atoms with Crippen molar-refractivity contribution in [3.05, 3.63) is 42.4 Å². The van der Waals surface area contributed by atoms with Gasteiger partial charge < -0.3 is 15.4 Å². The van der Waals surface area contributed by atoms with E-state index in [2.05, 4.69) is 26.8 Å². The number of nitrogens with one attached hydrogen (secondary N) is 2. The number of hydrogen-bond donors (Lipinski definition) is 2. The topological polar surface area (TPSA) is 64.0 Å². The van der Waals surface area contributed by atoms with E-state index >= 15 is 0 Å². The highest BCUT2D eigenvalue weighted by Gasteiger charge is 2.34. The molecule has 2 aromatic heterocycles. The summed E-state index contributed by atoms with van der Waals surface area (Å²) >= 11 is 0. The van der Waals surface area contributed by atoms with Crippen molar-refractivity contribution >= 4 is 0 Å². The Labute approximate surface area is 142 Å². The first-order valence-electron chi connectivity index (χ1n) is 8.90. The predicted octanol–water partition coefficient (Wildman–Crippen LogP) is 1.51. The molecule has 1 aliphatic heterocycles. The molecule has 4 rings (SSSR count). The SMILES string of the molecule is c1cnc(-n2cccn2)c(CNC2CCCC2C2COCCN2)c1. The molecule has 3 atom stereocenters. The van der Waals surface area contributed by atoms with Gasteiger partial charge in [0.15, 0.2) is 5.82 Å². The van der Waals surface area contributed by atoms with E-state index in [-0.39, 0.29) is 0 Å². The van der Waals surface area contributed by atoms with Crippen molar-refractivity contribution in [2.24, 2.45) is 5.92 Å². The Bertz CT molecular complexity index is 639. The molecule has 2 N–H and O–H groups in total. The summed E-state index contributed by atoms with van der Waals surface area (Å²) in [4.78, 5) is 4.50. The first-order chi connectivity index (χ1) is 11.9. The zero-order valence-corrected chi connectivity index (χ0v) is 13.9. The van der Waals surface area contributed by atoms with Gasteiger partial charge in [-0.2, -0.15) is 5.10 Å². The van der Waals surface area contributed by atoms with E-state index in [1.54, 1.807) is 6.20 Å². The molecule has 1 saturated heterocycles. The summed E-state index contributed by atoms with van der Waals surface area (Å²) in [5.74, 6) is 1.55. The van der Waals surface area contributed by atoms with Crippen molar-refractivity contribution in [1.82, 2.24) is 25.4 Å². The first-order valence-corrected chi connectivity index (χ1v) is 8.90. The summed E-state index contributed by atoms with van der Waals surface area (Å²) in [5, 5.41) is 11.7. The van der Waals surface area contributed by atoms with Crippen molar-refractivity contribution in [2.45, 2.75) is 37.9 Å². The minimum atomic E-state index is 0.484. The molecule has 0 radical (unpaired) electrons. The van der Waals surface area contributed by atoms with Crippen molar-refractivity contribution in [3.63, 3.8) is 0 Å². The Hall–Kier alpha value is -1.76. The predicted molar refractivity (Wildman–Crippen MR) is 91.9 cm³/mol. The monoisotopic (exact) mass is 327 g/mol. The summed E-state index contributed by atoms with van der Waals surface area (Å²) in [7, 11) is 0. The molecule has 6 heteroatoms. The number of pyridine rings is 1. The van der Waals surface area contributed by atoms with E-state index in [0.29, 0.717) is 18.0 Å². The molecule has 0 bridgehead atoms. The highest BCUT2D eigenvalue weighted by Crippen LogP contribution is 2.29. The second-order valence-electron chi connectivity index (χ2n) is 6.65. The molecular weight excluding hydrogens is 302 g/mol. The molecule has 2 fully saturated rings. The van der Waals surface area contributed by atoms with E-state index in [9.17, 15) is 0 Å². The van der Waals surface area contributed by atoms with Crippen LogP contribution in [0.2, 0.25) is 0 Å². The number of aromatic nitrogens is 3. The lowest BCUT2D eigenvalue weighted by molar-refractivity contribution is 0.0524. The molecule has 2 aromatic rings. The minimum Gasteiger partial charge on any atom is -0.379 e. The van der Waals surface area contributed by atoms with Gasteiger partial charge in [0.1, 0.15) is 0 Å². The Balaban J connectivity index is 1.43.